The van der Waals surface area contributed by atoms with Gasteiger partial charge in [0.15, 0.2) is 5.13 Å². The SMILES string of the molecule is CCOC(=O)c1ccc(CNc2cc(N3CCNCC3)nc(Nc3nc(C)c(C(=O)OCC)s3)n2)cc1. The Morgan fingerprint density at radius 2 is 1.73 bits per heavy atom. The van der Waals surface area contributed by atoms with E-state index in [-0.39, 0.29) is 5.97 Å². The maximum absolute atomic E-state index is 12.2. The molecule has 0 atom stereocenters. The zero-order chi connectivity index (χ0) is 26.2. The van der Waals surface area contributed by atoms with Crippen molar-refractivity contribution in [2.45, 2.75) is 27.3 Å². The Kier molecular flexibility index (Phi) is 8.86. The van der Waals surface area contributed by atoms with Gasteiger partial charge in [-0.15, -0.1) is 0 Å². The van der Waals surface area contributed by atoms with E-state index < -0.39 is 5.97 Å². The molecule has 0 unspecified atom stereocenters. The van der Waals surface area contributed by atoms with Crippen LogP contribution in [0.4, 0.5) is 22.7 Å². The van der Waals surface area contributed by atoms with Crippen molar-refractivity contribution in [1.29, 1.82) is 0 Å². The summed E-state index contributed by atoms with van der Waals surface area (Å²) in [6, 6.07) is 9.18. The van der Waals surface area contributed by atoms with E-state index in [4.69, 9.17) is 14.5 Å². The Balaban J connectivity index is 1.52. The van der Waals surface area contributed by atoms with Crippen molar-refractivity contribution in [3.63, 3.8) is 0 Å². The monoisotopic (exact) mass is 525 g/mol. The Morgan fingerprint density at radius 3 is 2.43 bits per heavy atom. The number of nitrogens with one attached hydrogen (secondary N) is 3. The number of piperazine rings is 1. The molecule has 12 heteroatoms. The van der Waals surface area contributed by atoms with Crippen molar-refractivity contribution in [1.82, 2.24) is 20.3 Å². The number of thiazole rings is 1. The van der Waals surface area contributed by atoms with Gasteiger partial charge in [0, 0.05) is 38.8 Å². The molecule has 1 saturated heterocycles. The standard InChI is InChI=1S/C25H31N7O4S/c1-4-35-22(33)18-8-6-17(7-9-18)15-27-19-14-20(32-12-10-26-11-13-32)30-24(29-19)31-25-28-16(3)21(37-25)23(34)36-5-2/h6-9,14,26H,4-5,10-13,15H2,1-3H3,(H2,27,28,29,30,31). The molecule has 3 aromatic rings. The summed E-state index contributed by atoms with van der Waals surface area (Å²) < 4.78 is 10.2. The number of hydrogen-bond acceptors (Lipinski definition) is 12. The minimum atomic E-state index is -0.391. The first-order chi connectivity index (χ1) is 18.0. The number of carbonyl (C=O) groups is 2. The van der Waals surface area contributed by atoms with Gasteiger partial charge >= 0.3 is 11.9 Å². The summed E-state index contributed by atoms with van der Waals surface area (Å²) in [4.78, 5) is 40.5. The van der Waals surface area contributed by atoms with Crippen molar-refractivity contribution in [2.75, 3.05) is 54.9 Å². The first-order valence-corrected chi connectivity index (χ1v) is 13.0. The fourth-order valence-corrected chi connectivity index (χ4v) is 4.59. The Morgan fingerprint density at radius 1 is 1.03 bits per heavy atom. The maximum atomic E-state index is 12.2. The first-order valence-electron chi connectivity index (χ1n) is 12.2. The van der Waals surface area contributed by atoms with Gasteiger partial charge in [0.25, 0.3) is 0 Å². The lowest BCUT2D eigenvalue weighted by Gasteiger charge is -2.28. The van der Waals surface area contributed by atoms with Crippen LogP contribution in [0.2, 0.25) is 0 Å². The number of rotatable bonds is 10. The molecular formula is C25H31N7O4S. The summed E-state index contributed by atoms with van der Waals surface area (Å²) in [7, 11) is 0. The highest BCUT2D eigenvalue weighted by atomic mass is 32.1. The molecule has 4 rings (SSSR count). The third-order valence-electron chi connectivity index (χ3n) is 5.57. The largest absolute Gasteiger partial charge is 0.462 e. The molecule has 0 saturated carbocycles. The highest BCUT2D eigenvalue weighted by Gasteiger charge is 2.19. The average Bonchev–Trinajstić information content (AvgIpc) is 3.28. The van der Waals surface area contributed by atoms with Crippen molar-refractivity contribution in [2.24, 2.45) is 0 Å². The van der Waals surface area contributed by atoms with E-state index in [1.807, 2.05) is 18.2 Å². The number of aryl methyl sites for hydroxylation is 1. The zero-order valence-electron chi connectivity index (χ0n) is 21.2. The molecule has 2 aromatic heterocycles. The summed E-state index contributed by atoms with van der Waals surface area (Å²) in [6.07, 6.45) is 0. The van der Waals surface area contributed by atoms with E-state index in [0.717, 1.165) is 37.6 Å². The second kappa shape index (κ2) is 12.5. The summed E-state index contributed by atoms with van der Waals surface area (Å²) in [5.41, 5.74) is 2.09. The molecule has 11 nitrogen and oxygen atoms in total. The van der Waals surface area contributed by atoms with Crippen molar-refractivity contribution >= 4 is 46.0 Å². The molecule has 1 aliphatic rings. The maximum Gasteiger partial charge on any atom is 0.350 e. The highest BCUT2D eigenvalue weighted by Crippen LogP contribution is 2.27. The predicted molar refractivity (Wildman–Crippen MR) is 143 cm³/mol. The van der Waals surface area contributed by atoms with Crippen LogP contribution in [0, 0.1) is 6.92 Å². The molecule has 0 radical (unpaired) electrons. The fourth-order valence-electron chi connectivity index (χ4n) is 3.73. The van der Waals surface area contributed by atoms with Crippen molar-refractivity contribution in [3.05, 3.63) is 52.0 Å². The average molecular weight is 526 g/mol. The van der Waals surface area contributed by atoms with Crippen LogP contribution in [-0.4, -0.2) is 66.3 Å². The Hall–Kier alpha value is -3.77. The number of ether oxygens (including phenoxy) is 2. The van der Waals surface area contributed by atoms with Gasteiger partial charge in [0.05, 0.1) is 24.5 Å². The smallest absolute Gasteiger partial charge is 0.350 e. The van der Waals surface area contributed by atoms with Crippen LogP contribution in [0.15, 0.2) is 30.3 Å². The molecule has 0 bridgehead atoms. The van der Waals surface area contributed by atoms with Gasteiger partial charge < -0.3 is 25.0 Å². The molecule has 37 heavy (non-hydrogen) atoms. The number of nitrogens with zero attached hydrogens (tertiary/aromatic N) is 4. The summed E-state index contributed by atoms with van der Waals surface area (Å²) in [6.45, 7) is 9.87. The molecule has 3 N–H and O–H groups in total. The first kappa shape index (κ1) is 26.3. The van der Waals surface area contributed by atoms with E-state index in [9.17, 15) is 9.59 Å². The summed E-state index contributed by atoms with van der Waals surface area (Å²) in [5.74, 6) is 1.08. The van der Waals surface area contributed by atoms with E-state index >= 15 is 0 Å². The van der Waals surface area contributed by atoms with Gasteiger partial charge in [-0.05, 0) is 38.5 Å². The van der Waals surface area contributed by atoms with Gasteiger partial charge in [-0.3, -0.25) is 5.32 Å². The minimum absolute atomic E-state index is 0.301. The number of carbonyl (C=O) groups excluding carboxylic acids is 2. The predicted octanol–water partition coefficient (Wildman–Crippen LogP) is 3.36. The molecule has 1 aliphatic heterocycles. The van der Waals surface area contributed by atoms with Crippen molar-refractivity contribution in [3.8, 4) is 0 Å². The Bertz CT molecular complexity index is 1230. The second-order valence-corrected chi connectivity index (χ2v) is 9.22. The van der Waals surface area contributed by atoms with Gasteiger partial charge in [0.1, 0.15) is 16.5 Å². The van der Waals surface area contributed by atoms with Crippen LogP contribution in [0.3, 0.4) is 0 Å². The van der Waals surface area contributed by atoms with E-state index in [0.29, 0.717) is 52.8 Å². The van der Waals surface area contributed by atoms with Crippen LogP contribution >= 0.6 is 11.3 Å². The normalized spacial score (nSPS) is 13.2. The van der Waals surface area contributed by atoms with Crippen LogP contribution in [-0.2, 0) is 16.0 Å². The van der Waals surface area contributed by atoms with E-state index in [1.54, 1.807) is 32.9 Å². The molecule has 0 amide bonds. The van der Waals surface area contributed by atoms with Crippen LogP contribution in [0.25, 0.3) is 0 Å². The lowest BCUT2D eigenvalue weighted by molar-refractivity contribution is 0.0518. The molecular weight excluding hydrogens is 494 g/mol. The number of hydrogen-bond donors (Lipinski definition) is 3. The third kappa shape index (κ3) is 6.92. The third-order valence-corrected chi connectivity index (χ3v) is 6.62. The van der Waals surface area contributed by atoms with Crippen LogP contribution in [0.5, 0.6) is 0 Å². The fraction of sp³-hybridized carbons (Fsp3) is 0.400. The number of benzene rings is 1. The van der Waals surface area contributed by atoms with E-state index in [1.165, 1.54) is 11.3 Å². The molecule has 0 spiro atoms. The minimum Gasteiger partial charge on any atom is -0.462 e. The number of anilines is 4. The van der Waals surface area contributed by atoms with Crippen LogP contribution in [0.1, 0.15) is 45.1 Å². The Labute approximate surface area is 219 Å². The van der Waals surface area contributed by atoms with E-state index in [2.05, 4.69) is 30.8 Å². The quantitative estimate of drug-likeness (QED) is 0.337. The second-order valence-electron chi connectivity index (χ2n) is 8.22. The number of esters is 2. The lowest BCUT2D eigenvalue weighted by atomic mass is 10.1. The molecule has 1 fully saturated rings. The van der Waals surface area contributed by atoms with Gasteiger partial charge in [-0.2, -0.15) is 9.97 Å². The van der Waals surface area contributed by atoms with Crippen LogP contribution < -0.4 is 20.9 Å². The number of aromatic nitrogens is 3. The molecule has 1 aromatic carbocycles. The summed E-state index contributed by atoms with van der Waals surface area (Å²) in [5, 5.41) is 10.4. The zero-order valence-corrected chi connectivity index (χ0v) is 22.0. The molecule has 0 aliphatic carbocycles. The molecule has 3 heterocycles. The van der Waals surface area contributed by atoms with Crippen molar-refractivity contribution < 1.29 is 19.1 Å². The lowest BCUT2D eigenvalue weighted by Crippen LogP contribution is -2.44. The summed E-state index contributed by atoms with van der Waals surface area (Å²) >= 11 is 1.21. The van der Waals surface area contributed by atoms with Gasteiger partial charge in [-0.25, -0.2) is 14.6 Å². The molecule has 196 valence electrons. The van der Waals surface area contributed by atoms with Gasteiger partial charge in [0.2, 0.25) is 5.95 Å². The topological polar surface area (TPSA) is 131 Å². The highest BCUT2D eigenvalue weighted by molar-refractivity contribution is 7.17. The van der Waals surface area contributed by atoms with Gasteiger partial charge in [-0.1, -0.05) is 23.5 Å².